The van der Waals surface area contributed by atoms with Gasteiger partial charge in [0.15, 0.2) is 5.17 Å². The lowest BCUT2D eigenvalue weighted by molar-refractivity contribution is -0.384. The molecule has 1 heterocycles. The van der Waals surface area contributed by atoms with E-state index in [4.69, 9.17) is 17.3 Å². The van der Waals surface area contributed by atoms with Crippen LogP contribution in [0.5, 0.6) is 0 Å². The molecule has 0 bridgehead atoms. The molecule has 0 unspecified atom stereocenters. The lowest BCUT2D eigenvalue weighted by Gasteiger charge is -2.14. The van der Waals surface area contributed by atoms with E-state index in [1.54, 1.807) is 6.07 Å². The molecule has 2 aliphatic rings. The van der Waals surface area contributed by atoms with E-state index in [0.29, 0.717) is 16.1 Å². The van der Waals surface area contributed by atoms with Crippen molar-refractivity contribution in [1.82, 2.24) is 0 Å². The highest BCUT2D eigenvalue weighted by Gasteiger charge is 2.57. The first-order valence-electron chi connectivity index (χ1n) is 5.95. The third kappa shape index (κ3) is 2.08. The summed E-state index contributed by atoms with van der Waals surface area (Å²) in [5.74, 6) is 1.33. The van der Waals surface area contributed by atoms with Crippen molar-refractivity contribution in [3.63, 3.8) is 0 Å². The van der Waals surface area contributed by atoms with Gasteiger partial charge in [0.2, 0.25) is 0 Å². The van der Waals surface area contributed by atoms with E-state index >= 15 is 0 Å². The van der Waals surface area contributed by atoms with E-state index in [1.165, 1.54) is 23.9 Å². The molecule has 2 atom stereocenters. The Balaban J connectivity index is 2.09. The lowest BCUT2D eigenvalue weighted by atomic mass is 10.0. The topological polar surface area (TPSA) is 81.5 Å². The number of nitro groups is 1. The molecule has 0 saturated heterocycles. The van der Waals surface area contributed by atoms with E-state index in [2.05, 4.69) is 4.99 Å². The Morgan fingerprint density at radius 3 is 3.11 bits per heavy atom. The van der Waals surface area contributed by atoms with Crippen LogP contribution >= 0.6 is 23.4 Å². The van der Waals surface area contributed by atoms with Crippen molar-refractivity contribution in [2.75, 3.05) is 5.75 Å². The average Bonchev–Trinajstić information content (AvgIpc) is 3.03. The maximum absolute atomic E-state index is 10.9. The summed E-state index contributed by atoms with van der Waals surface area (Å²) in [6.45, 7) is 0. The number of nitro benzene ring substituents is 1. The number of aliphatic imine (C=N–C) groups is 1. The minimum Gasteiger partial charge on any atom is -0.379 e. The van der Waals surface area contributed by atoms with Crippen LogP contribution in [-0.4, -0.2) is 15.8 Å². The molecule has 0 amide bonds. The molecule has 5 nitrogen and oxygen atoms in total. The zero-order valence-corrected chi connectivity index (χ0v) is 11.6. The Kier molecular flexibility index (Phi) is 2.94. The van der Waals surface area contributed by atoms with Gasteiger partial charge in [0, 0.05) is 28.5 Å². The van der Waals surface area contributed by atoms with Crippen molar-refractivity contribution >= 4 is 34.2 Å². The van der Waals surface area contributed by atoms with Crippen LogP contribution in [0.25, 0.3) is 0 Å². The third-order valence-corrected chi connectivity index (χ3v) is 4.88. The summed E-state index contributed by atoms with van der Waals surface area (Å²) in [5.41, 5.74) is 6.21. The molecule has 0 radical (unpaired) electrons. The molecule has 100 valence electrons. The summed E-state index contributed by atoms with van der Waals surface area (Å²) in [6.07, 6.45) is 1.88. The summed E-state index contributed by atoms with van der Waals surface area (Å²) in [6, 6.07) is 4.52. The second-order valence-electron chi connectivity index (χ2n) is 4.83. The van der Waals surface area contributed by atoms with Gasteiger partial charge < -0.3 is 5.73 Å². The van der Waals surface area contributed by atoms with E-state index in [0.717, 1.165) is 24.2 Å². The Labute approximate surface area is 119 Å². The van der Waals surface area contributed by atoms with Crippen LogP contribution in [0.15, 0.2) is 23.2 Å². The Bertz CT molecular complexity index is 592. The fraction of sp³-hybridized carbons (Fsp3) is 0.417. The molecule has 1 aromatic rings. The second kappa shape index (κ2) is 4.38. The number of amidine groups is 1. The van der Waals surface area contributed by atoms with Crippen molar-refractivity contribution in [2.24, 2.45) is 16.6 Å². The first kappa shape index (κ1) is 12.7. The van der Waals surface area contributed by atoms with Crippen molar-refractivity contribution in [3.05, 3.63) is 38.9 Å². The molecular weight excluding hydrogens is 286 g/mol. The molecule has 1 aliphatic heterocycles. The van der Waals surface area contributed by atoms with Crippen molar-refractivity contribution < 1.29 is 4.92 Å². The summed E-state index contributed by atoms with van der Waals surface area (Å²) >= 11 is 7.75. The summed E-state index contributed by atoms with van der Waals surface area (Å²) in [5, 5.41) is 12.0. The fourth-order valence-corrected chi connectivity index (χ4v) is 3.80. The van der Waals surface area contributed by atoms with Gasteiger partial charge in [-0.25, -0.2) is 0 Å². The van der Waals surface area contributed by atoms with Gasteiger partial charge in [-0.05, 0) is 24.8 Å². The first-order valence-corrected chi connectivity index (χ1v) is 7.32. The second-order valence-corrected chi connectivity index (χ2v) is 6.36. The minimum absolute atomic E-state index is 0.0464. The van der Waals surface area contributed by atoms with Crippen molar-refractivity contribution in [1.29, 1.82) is 0 Å². The van der Waals surface area contributed by atoms with Gasteiger partial charge in [-0.3, -0.25) is 15.1 Å². The molecule has 0 aromatic heterocycles. The maximum atomic E-state index is 10.9. The molecule has 1 aliphatic carbocycles. The molecule has 19 heavy (non-hydrogen) atoms. The average molecular weight is 298 g/mol. The molecular formula is C12H12ClN3O2S. The molecule has 2 N–H and O–H groups in total. The van der Waals surface area contributed by atoms with Gasteiger partial charge in [0.1, 0.15) is 0 Å². The van der Waals surface area contributed by atoms with Crippen LogP contribution in [0.3, 0.4) is 0 Å². The van der Waals surface area contributed by atoms with Crippen LogP contribution in [-0.2, 0) is 5.54 Å². The van der Waals surface area contributed by atoms with Crippen molar-refractivity contribution in [2.45, 2.75) is 18.4 Å². The van der Waals surface area contributed by atoms with Crippen LogP contribution < -0.4 is 5.73 Å². The fourth-order valence-electron chi connectivity index (χ4n) is 2.68. The van der Waals surface area contributed by atoms with Gasteiger partial charge in [-0.1, -0.05) is 23.4 Å². The maximum Gasteiger partial charge on any atom is 0.269 e. The molecule has 0 spiro atoms. The Hall–Kier alpha value is -1.27. The van der Waals surface area contributed by atoms with Gasteiger partial charge in [-0.15, -0.1) is 0 Å². The predicted octanol–water partition coefficient (Wildman–Crippen LogP) is 2.92. The normalized spacial score (nSPS) is 29.1. The van der Waals surface area contributed by atoms with Crippen LogP contribution in [0, 0.1) is 16.0 Å². The quantitative estimate of drug-likeness (QED) is 0.672. The Morgan fingerprint density at radius 1 is 1.58 bits per heavy atom. The van der Waals surface area contributed by atoms with Gasteiger partial charge in [0.25, 0.3) is 5.69 Å². The smallest absolute Gasteiger partial charge is 0.269 e. The number of fused-ring (bicyclic) bond motifs is 1. The molecule has 7 heteroatoms. The highest BCUT2D eigenvalue weighted by Crippen LogP contribution is 2.60. The SMILES string of the molecule is NC1=N[C@@]2(c3cc([N+](=O)[O-])ccc3Cl)C[C@H]2CCS1. The van der Waals surface area contributed by atoms with Gasteiger partial charge in [-0.2, -0.15) is 0 Å². The molecule has 1 aromatic carbocycles. The van der Waals surface area contributed by atoms with E-state index < -0.39 is 10.5 Å². The minimum atomic E-state index is -0.434. The number of hydrogen-bond acceptors (Lipinski definition) is 5. The zero-order valence-electron chi connectivity index (χ0n) is 10.0. The monoisotopic (exact) mass is 297 g/mol. The van der Waals surface area contributed by atoms with Gasteiger partial charge in [0.05, 0.1) is 10.5 Å². The molecule has 3 rings (SSSR count). The Morgan fingerprint density at radius 2 is 2.37 bits per heavy atom. The summed E-state index contributed by atoms with van der Waals surface area (Å²) < 4.78 is 0. The molecule has 1 fully saturated rings. The number of benzene rings is 1. The standard InChI is InChI=1S/C12H12ClN3O2S/c13-10-2-1-8(16(17)18)5-9(10)12-6-7(12)3-4-19-11(14)15-12/h1-2,5,7H,3-4,6H2,(H2,14,15)/t7-,12+/m1/s1. The third-order valence-electron chi connectivity index (χ3n) is 3.73. The summed E-state index contributed by atoms with van der Waals surface area (Å²) in [4.78, 5) is 15.0. The number of hydrogen-bond donors (Lipinski definition) is 1. The number of rotatable bonds is 2. The number of halogens is 1. The largest absolute Gasteiger partial charge is 0.379 e. The van der Waals surface area contributed by atoms with Crippen LogP contribution in [0.4, 0.5) is 5.69 Å². The van der Waals surface area contributed by atoms with E-state index in [-0.39, 0.29) is 5.69 Å². The predicted molar refractivity (Wildman–Crippen MR) is 76.6 cm³/mol. The lowest BCUT2D eigenvalue weighted by Crippen LogP contribution is -2.14. The van der Waals surface area contributed by atoms with Crippen LogP contribution in [0.2, 0.25) is 5.02 Å². The van der Waals surface area contributed by atoms with Crippen LogP contribution in [0.1, 0.15) is 18.4 Å². The number of non-ortho nitro benzene ring substituents is 1. The number of nitrogens with zero attached hydrogens (tertiary/aromatic N) is 2. The van der Waals surface area contributed by atoms with Gasteiger partial charge >= 0.3 is 0 Å². The zero-order chi connectivity index (χ0) is 13.6. The highest BCUT2D eigenvalue weighted by molar-refractivity contribution is 8.13. The first-order chi connectivity index (χ1) is 9.03. The van der Waals surface area contributed by atoms with E-state index in [9.17, 15) is 10.1 Å². The number of nitrogens with two attached hydrogens (primary N) is 1. The molecule has 1 saturated carbocycles. The number of thioether (sulfide) groups is 1. The summed E-state index contributed by atoms with van der Waals surface area (Å²) in [7, 11) is 0. The van der Waals surface area contributed by atoms with E-state index in [1.807, 2.05) is 0 Å². The highest BCUT2D eigenvalue weighted by atomic mass is 35.5. The van der Waals surface area contributed by atoms with Crippen molar-refractivity contribution in [3.8, 4) is 0 Å².